The molecule has 0 radical (unpaired) electrons. The summed E-state index contributed by atoms with van der Waals surface area (Å²) in [5.41, 5.74) is 1.72. The third-order valence-electron chi connectivity index (χ3n) is 5.15. The Kier molecular flexibility index (Phi) is 9.19. The Morgan fingerprint density at radius 3 is 2.34 bits per heavy atom. The van der Waals surface area contributed by atoms with E-state index in [0.29, 0.717) is 46.8 Å². The number of aromatic hydroxyl groups is 1. The van der Waals surface area contributed by atoms with E-state index in [2.05, 4.69) is 10.3 Å². The minimum atomic E-state index is -0.782. The summed E-state index contributed by atoms with van der Waals surface area (Å²) >= 11 is 0. The first-order chi connectivity index (χ1) is 15.0. The van der Waals surface area contributed by atoms with Gasteiger partial charge in [-0.25, -0.2) is 0 Å². The summed E-state index contributed by atoms with van der Waals surface area (Å²) in [7, 11) is 4.75. The van der Waals surface area contributed by atoms with Crippen LogP contribution in [-0.2, 0) is 6.42 Å². The zero-order valence-electron chi connectivity index (χ0n) is 18.3. The first kappa shape index (κ1) is 25.3. The lowest BCUT2D eigenvalue weighted by Crippen LogP contribution is -2.23. The van der Waals surface area contributed by atoms with Gasteiger partial charge in [-0.1, -0.05) is 6.07 Å². The minimum Gasteiger partial charge on any atom is -0.506 e. The number of hydrogen-bond donors (Lipinski definition) is 4. The monoisotopic (exact) mass is 464 g/mol. The molecule has 1 atom stereocenters. The van der Waals surface area contributed by atoms with Crippen LogP contribution in [0.1, 0.15) is 23.7 Å². The summed E-state index contributed by atoms with van der Waals surface area (Å²) in [4.78, 5) is 14.1. The quantitative estimate of drug-likeness (QED) is 0.341. The summed E-state index contributed by atoms with van der Waals surface area (Å²) in [6.45, 7) is 1.04. The summed E-state index contributed by atoms with van der Waals surface area (Å²) in [6.07, 6.45) is 0.855. The van der Waals surface area contributed by atoms with Crippen molar-refractivity contribution in [1.82, 2.24) is 10.3 Å². The first-order valence-electron chi connectivity index (χ1n) is 10.0. The van der Waals surface area contributed by atoms with E-state index in [1.807, 2.05) is 12.1 Å². The van der Waals surface area contributed by atoms with E-state index in [-0.39, 0.29) is 23.7 Å². The second-order valence-corrected chi connectivity index (χ2v) is 7.14. The number of aryl methyl sites for hydroxylation is 1. The van der Waals surface area contributed by atoms with Crippen LogP contribution in [0.25, 0.3) is 10.9 Å². The van der Waals surface area contributed by atoms with Gasteiger partial charge in [0.2, 0.25) is 11.3 Å². The number of benzene rings is 2. The van der Waals surface area contributed by atoms with Gasteiger partial charge in [-0.05, 0) is 54.8 Å². The number of aromatic amines is 1. The maximum atomic E-state index is 11.5. The molecule has 0 aliphatic heterocycles. The van der Waals surface area contributed by atoms with Gasteiger partial charge in [0.15, 0.2) is 11.5 Å². The number of fused-ring (bicyclic) bond motifs is 1. The molecule has 3 aromatic rings. The maximum absolute atomic E-state index is 11.5. The number of aromatic nitrogens is 1. The Bertz CT molecular complexity index is 1080. The molecule has 1 aromatic heterocycles. The van der Waals surface area contributed by atoms with Crippen LogP contribution in [0.15, 0.2) is 41.2 Å². The van der Waals surface area contributed by atoms with Crippen LogP contribution in [0.3, 0.4) is 0 Å². The third kappa shape index (κ3) is 5.64. The smallest absolute Gasteiger partial charge is 0.248 e. The van der Waals surface area contributed by atoms with E-state index in [1.165, 1.54) is 12.1 Å². The van der Waals surface area contributed by atoms with Gasteiger partial charge in [0.1, 0.15) is 5.75 Å². The standard InChI is InChI=1S/C23H28N2O6.ClH/c1-29-19-11-14(12-20(30-2)23(19)31-3)5-4-10-24-13-18(27)15-6-8-17(26)22-16(15)7-9-21(28)25-22;/h6-9,11-12,18,24,26-27H,4-5,10,13H2,1-3H3,(H,25,28);1H. The molecule has 9 heteroatoms. The molecule has 0 bridgehead atoms. The molecule has 0 aliphatic rings. The third-order valence-corrected chi connectivity index (χ3v) is 5.15. The van der Waals surface area contributed by atoms with E-state index in [9.17, 15) is 15.0 Å². The number of ether oxygens (including phenoxy) is 3. The first-order valence-corrected chi connectivity index (χ1v) is 10.0. The van der Waals surface area contributed by atoms with Crippen molar-refractivity contribution in [3.63, 3.8) is 0 Å². The molecule has 8 nitrogen and oxygen atoms in total. The lowest BCUT2D eigenvalue weighted by Gasteiger charge is -2.16. The molecule has 32 heavy (non-hydrogen) atoms. The number of aliphatic hydroxyl groups excluding tert-OH is 1. The molecule has 4 N–H and O–H groups in total. The van der Waals surface area contributed by atoms with Crippen molar-refractivity contribution in [2.24, 2.45) is 0 Å². The van der Waals surface area contributed by atoms with E-state index in [1.54, 1.807) is 33.5 Å². The normalized spacial score (nSPS) is 11.6. The number of methoxy groups -OCH3 is 3. The van der Waals surface area contributed by atoms with Gasteiger partial charge < -0.3 is 34.7 Å². The lowest BCUT2D eigenvalue weighted by atomic mass is 10.0. The van der Waals surface area contributed by atoms with Gasteiger partial charge in [-0.3, -0.25) is 4.79 Å². The van der Waals surface area contributed by atoms with Gasteiger partial charge in [0.05, 0.1) is 33.0 Å². The number of aliphatic hydroxyl groups is 1. The van der Waals surface area contributed by atoms with Gasteiger partial charge in [0.25, 0.3) is 0 Å². The second-order valence-electron chi connectivity index (χ2n) is 7.14. The maximum Gasteiger partial charge on any atom is 0.248 e. The van der Waals surface area contributed by atoms with Crippen LogP contribution in [0.4, 0.5) is 0 Å². The van der Waals surface area contributed by atoms with Crippen molar-refractivity contribution in [3.8, 4) is 23.0 Å². The van der Waals surface area contributed by atoms with E-state index >= 15 is 0 Å². The van der Waals surface area contributed by atoms with Crippen molar-refractivity contribution >= 4 is 23.3 Å². The van der Waals surface area contributed by atoms with Crippen LogP contribution in [-0.4, -0.2) is 49.6 Å². The topological polar surface area (TPSA) is 113 Å². The van der Waals surface area contributed by atoms with Crippen LogP contribution in [0, 0.1) is 0 Å². The van der Waals surface area contributed by atoms with Crippen molar-refractivity contribution in [2.75, 3.05) is 34.4 Å². The average molecular weight is 465 g/mol. The number of H-pyrrole nitrogens is 1. The number of nitrogens with one attached hydrogen (secondary N) is 2. The predicted octanol–water partition coefficient (Wildman–Crippen LogP) is 2.94. The van der Waals surface area contributed by atoms with E-state index in [0.717, 1.165) is 18.4 Å². The average Bonchev–Trinajstić information content (AvgIpc) is 2.78. The minimum absolute atomic E-state index is 0. The molecular formula is C23H29ClN2O6. The molecule has 1 heterocycles. The van der Waals surface area contributed by atoms with Crippen LogP contribution < -0.4 is 25.1 Å². The second kappa shape index (κ2) is 11.6. The molecule has 0 spiro atoms. The highest BCUT2D eigenvalue weighted by Gasteiger charge is 2.15. The largest absolute Gasteiger partial charge is 0.506 e. The van der Waals surface area contributed by atoms with Gasteiger partial charge >= 0.3 is 0 Å². The molecule has 0 fully saturated rings. The molecule has 3 rings (SSSR count). The fourth-order valence-corrected chi connectivity index (χ4v) is 3.60. The Balaban J connectivity index is 0.00000363. The fourth-order valence-electron chi connectivity index (χ4n) is 3.60. The number of phenolic OH excluding ortho intramolecular Hbond substituents is 1. The Morgan fingerprint density at radius 2 is 1.72 bits per heavy atom. The number of hydrogen-bond acceptors (Lipinski definition) is 7. The summed E-state index contributed by atoms with van der Waals surface area (Å²) in [5.74, 6) is 1.79. The Hall–Kier alpha value is -2.94. The van der Waals surface area contributed by atoms with Crippen LogP contribution >= 0.6 is 12.4 Å². The summed E-state index contributed by atoms with van der Waals surface area (Å²) < 4.78 is 16.1. The molecular weight excluding hydrogens is 436 g/mol. The van der Waals surface area contributed by atoms with Crippen LogP contribution in [0.2, 0.25) is 0 Å². The highest BCUT2D eigenvalue weighted by atomic mass is 35.5. The molecule has 0 aliphatic carbocycles. The Labute approximate surface area is 192 Å². The van der Waals surface area contributed by atoms with Crippen molar-refractivity contribution < 1.29 is 24.4 Å². The van der Waals surface area contributed by atoms with E-state index in [4.69, 9.17) is 14.2 Å². The highest BCUT2D eigenvalue weighted by molar-refractivity contribution is 5.87. The van der Waals surface area contributed by atoms with Crippen molar-refractivity contribution in [2.45, 2.75) is 18.9 Å². The molecule has 174 valence electrons. The summed E-state index contributed by atoms with van der Waals surface area (Å²) in [5, 5.41) is 24.4. The molecule has 0 saturated heterocycles. The molecule has 0 amide bonds. The fraction of sp³-hybridized carbons (Fsp3) is 0.348. The summed E-state index contributed by atoms with van der Waals surface area (Å²) in [6, 6.07) is 9.98. The highest BCUT2D eigenvalue weighted by Crippen LogP contribution is 2.38. The van der Waals surface area contributed by atoms with Crippen LogP contribution in [0.5, 0.6) is 23.0 Å². The van der Waals surface area contributed by atoms with Gasteiger partial charge in [-0.2, -0.15) is 0 Å². The Morgan fingerprint density at radius 1 is 1.03 bits per heavy atom. The molecule has 1 unspecified atom stereocenters. The molecule has 0 saturated carbocycles. The number of halogens is 1. The van der Waals surface area contributed by atoms with E-state index < -0.39 is 6.10 Å². The van der Waals surface area contributed by atoms with Crippen molar-refractivity contribution in [3.05, 3.63) is 57.9 Å². The molecule has 2 aromatic carbocycles. The predicted molar refractivity (Wildman–Crippen MR) is 126 cm³/mol. The SMILES string of the molecule is COc1cc(CCCNCC(O)c2ccc(O)c3[nH]c(=O)ccc23)cc(OC)c1OC.Cl. The zero-order chi connectivity index (χ0) is 22.4. The lowest BCUT2D eigenvalue weighted by molar-refractivity contribution is 0.176. The number of pyridine rings is 1. The van der Waals surface area contributed by atoms with Gasteiger partial charge in [-0.15, -0.1) is 12.4 Å². The van der Waals surface area contributed by atoms with Gasteiger partial charge in [0, 0.05) is 18.0 Å². The van der Waals surface area contributed by atoms with Crippen molar-refractivity contribution in [1.29, 1.82) is 0 Å². The number of phenols is 1. The number of rotatable bonds is 10. The zero-order valence-corrected chi connectivity index (χ0v) is 19.1.